The molecule has 0 spiro atoms. The first-order valence-electron chi connectivity index (χ1n) is 4.95. The molecule has 3 heteroatoms. The van der Waals surface area contributed by atoms with Gasteiger partial charge in [-0.25, -0.2) is 0 Å². The van der Waals surface area contributed by atoms with Gasteiger partial charge in [0.05, 0.1) is 19.3 Å². The Kier molecular flexibility index (Phi) is 2.63. The van der Waals surface area contributed by atoms with Crippen LogP contribution in [0, 0.1) is 0 Å². The van der Waals surface area contributed by atoms with Gasteiger partial charge in [-0.2, -0.15) is 0 Å². The maximum Gasteiger partial charge on any atom is 0.0638 e. The van der Waals surface area contributed by atoms with Crippen molar-refractivity contribution >= 4 is 0 Å². The maximum absolute atomic E-state index is 5.94. The summed E-state index contributed by atoms with van der Waals surface area (Å²) in [6.45, 7) is 4.05. The van der Waals surface area contributed by atoms with Crippen molar-refractivity contribution < 1.29 is 4.74 Å². The van der Waals surface area contributed by atoms with Crippen molar-refractivity contribution in [1.82, 2.24) is 4.90 Å². The summed E-state index contributed by atoms with van der Waals surface area (Å²) in [7, 11) is 0. The van der Waals surface area contributed by atoms with Crippen molar-refractivity contribution in [3.63, 3.8) is 0 Å². The first-order chi connectivity index (χ1) is 5.88. The molecule has 2 fully saturated rings. The van der Waals surface area contributed by atoms with Gasteiger partial charge < -0.3 is 10.5 Å². The molecule has 0 amide bonds. The van der Waals surface area contributed by atoms with Crippen molar-refractivity contribution in [3.8, 4) is 0 Å². The minimum atomic E-state index is 0.253. The molecular formula is C9H18N2O. The molecule has 2 N–H and O–H groups in total. The van der Waals surface area contributed by atoms with E-state index in [-0.39, 0.29) is 6.04 Å². The summed E-state index contributed by atoms with van der Waals surface area (Å²) in [5.41, 5.74) is 5.94. The van der Waals surface area contributed by atoms with Crippen LogP contribution in [0.4, 0.5) is 0 Å². The summed E-state index contributed by atoms with van der Waals surface area (Å²) in [5, 5.41) is 0. The molecule has 0 aromatic heterocycles. The van der Waals surface area contributed by atoms with Crippen molar-refractivity contribution in [3.05, 3.63) is 0 Å². The molecule has 70 valence electrons. The molecule has 0 radical (unpaired) electrons. The zero-order chi connectivity index (χ0) is 8.39. The average molecular weight is 170 g/mol. The van der Waals surface area contributed by atoms with Gasteiger partial charge in [-0.05, 0) is 25.9 Å². The molecule has 2 heterocycles. The second-order valence-corrected chi connectivity index (χ2v) is 3.87. The largest absolute Gasteiger partial charge is 0.378 e. The minimum absolute atomic E-state index is 0.253. The van der Waals surface area contributed by atoms with Crippen LogP contribution in [0.2, 0.25) is 0 Å². The lowest BCUT2D eigenvalue weighted by atomic mass is 10.1. The highest BCUT2D eigenvalue weighted by Crippen LogP contribution is 2.17. The molecule has 0 aromatic carbocycles. The lowest BCUT2D eigenvalue weighted by molar-refractivity contribution is 0.126. The van der Waals surface area contributed by atoms with E-state index < -0.39 is 0 Å². The number of nitrogens with two attached hydrogens (primary N) is 1. The number of ether oxygens (including phenoxy) is 1. The van der Waals surface area contributed by atoms with Gasteiger partial charge in [0.25, 0.3) is 0 Å². The highest BCUT2D eigenvalue weighted by Gasteiger charge is 2.30. The second kappa shape index (κ2) is 3.73. The van der Waals surface area contributed by atoms with E-state index in [2.05, 4.69) is 4.90 Å². The van der Waals surface area contributed by atoms with Gasteiger partial charge in [0.2, 0.25) is 0 Å². The fourth-order valence-electron chi connectivity index (χ4n) is 2.19. The van der Waals surface area contributed by atoms with Crippen LogP contribution in [-0.4, -0.2) is 43.3 Å². The van der Waals surface area contributed by atoms with Gasteiger partial charge in [0, 0.05) is 6.04 Å². The number of nitrogens with zero attached hydrogens (tertiary/aromatic N) is 1. The molecule has 2 saturated heterocycles. The zero-order valence-corrected chi connectivity index (χ0v) is 7.54. The van der Waals surface area contributed by atoms with E-state index in [1.165, 1.54) is 32.4 Å². The third kappa shape index (κ3) is 1.63. The van der Waals surface area contributed by atoms with Gasteiger partial charge in [0.1, 0.15) is 0 Å². The summed E-state index contributed by atoms with van der Waals surface area (Å²) in [6.07, 6.45) is 4.06. The molecule has 0 aromatic rings. The highest BCUT2D eigenvalue weighted by atomic mass is 16.5. The summed E-state index contributed by atoms with van der Waals surface area (Å²) in [4.78, 5) is 2.50. The predicted octanol–water partition coefficient (Wildman–Crippen LogP) is 0.198. The lowest BCUT2D eigenvalue weighted by Gasteiger charge is -2.33. The maximum atomic E-state index is 5.94. The van der Waals surface area contributed by atoms with Gasteiger partial charge >= 0.3 is 0 Å². The first kappa shape index (κ1) is 8.48. The van der Waals surface area contributed by atoms with E-state index in [1.807, 2.05) is 0 Å². The Hall–Kier alpha value is -0.120. The Balaban J connectivity index is 1.89. The molecule has 2 aliphatic rings. The van der Waals surface area contributed by atoms with E-state index in [9.17, 15) is 0 Å². The van der Waals surface area contributed by atoms with Crippen LogP contribution < -0.4 is 5.73 Å². The summed E-state index contributed by atoms with van der Waals surface area (Å²) in [6, 6.07) is 0.758. The van der Waals surface area contributed by atoms with Crippen LogP contribution >= 0.6 is 0 Å². The quantitative estimate of drug-likeness (QED) is 0.611. The zero-order valence-electron chi connectivity index (χ0n) is 7.54. The molecule has 2 rings (SSSR count). The van der Waals surface area contributed by atoms with Gasteiger partial charge in [0.15, 0.2) is 0 Å². The minimum Gasteiger partial charge on any atom is -0.378 e. The summed E-state index contributed by atoms with van der Waals surface area (Å²) < 4.78 is 5.36. The molecule has 2 atom stereocenters. The van der Waals surface area contributed by atoms with Gasteiger partial charge in [-0.1, -0.05) is 6.42 Å². The Morgan fingerprint density at radius 2 is 1.83 bits per heavy atom. The third-order valence-electron chi connectivity index (χ3n) is 2.95. The molecule has 3 nitrogen and oxygen atoms in total. The topological polar surface area (TPSA) is 38.5 Å². The Morgan fingerprint density at radius 1 is 1.08 bits per heavy atom. The number of hydrogen-bond acceptors (Lipinski definition) is 3. The van der Waals surface area contributed by atoms with Crippen LogP contribution in [0.25, 0.3) is 0 Å². The van der Waals surface area contributed by atoms with Crippen LogP contribution in [0.3, 0.4) is 0 Å². The molecule has 0 saturated carbocycles. The van der Waals surface area contributed by atoms with Crippen LogP contribution in [0.5, 0.6) is 0 Å². The van der Waals surface area contributed by atoms with E-state index in [0.717, 1.165) is 13.2 Å². The van der Waals surface area contributed by atoms with Gasteiger partial charge in [-0.3, -0.25) is 4.90 Å². The van der Waals surface area contributed by atoms with E-state index in [1.54, 1.807) is 0 Å². The van der Waals surface area contributed by atoms with Crippen molar-refractivity contribution in [2.45, 2.75) is 31.3 Å². The fourth-order valence-corrected chi connectivity index (χ4v) is 2.19. The predicted molar refractivity (Wildman–Crippen MR) is 48.0 cm³/mol. The standard InChI is InChI=1S/C9H18N2O/c10-8-6-12-7-9(8)11-4-2-1-3-5-11/h8-9H,1-7,10H2. The SMILES string of the molecule is NC1COCC1N1CCCCC1. The third-order valence-corrected chi connectivity index (χ3v) is 2.95. The van der Waals surface area contributed by atoms with Gasteiger partial charge in [-0.15, -0.1) is 0 Å². The van der Waals surface area contributed by atoms with Crippen LogP contribution in [0.1, 0.15) is 19.3 Å². The summed E-state index contributed by atoms with van der Waals surface area (Å²) in [5.74, 6) is 0. The Bertz CT molecular complexity index is 145. The molecule has 2 unspecified atom stereocenters. The van der Waals surface area contributed by atoms with Crippen molar-refractivity contribution in [2.75, 3.05) is 26.3 Å². The Labute approximate surface area is 73.9 Å². The smallest absolute Gasteiger partial charge is 0.0638 e. The molecule has 0 bridgehead atoms. The second-order valence-electron chi connectivity index (χ2n) is 3.87. The van der Waals surface area contributed by atoms with Crippen molar-refractivity contribution in [1.29, 1.82) is 0 Å². The number of hydrogen-bond donors (Lipinski definition) is 1. The first-order valence-corrected chi connectivity index (χ1v) is 4.95. The van der Waals surface area contributed by atoms with Crippen LogP contribution in [0.15, 0.2) is 0 Å². The number of rotatable bonds is 1. The van der Waals surface area contributed by atoms with E-state index >= 15 is 0 Å². The molecular weight excluding hydrogens is 152 g/mol. The Morgan fingerprint density at radius 3 is 2.42 bits per heavy atom. The molecule has 2 aliphatic heterocycles. The monoisotopic (exact) mass is 170 g/mol. The average Bonchev–Trinajstić information content (AvgIpc) is 2.53. The fraction of sp³-hybridized carbons (Fsp3) is 1.00. The van der Waals surface area contributed by atoms with Crippen molar-refractivity contribution in [2.24, 2.45) is 5.73 Å². The molecule has 0 aliphatic carbocycles. The van der Waals surface area contributed by atoms with E-state index in [0.29, 0.717) is 6.04 Å². The number of piperidine rings is 1. The number of likely N-dealkylation sites (tertiary alicyclic amines) is 1. The summed E-state index contributed by atoms with van der Waals surface area (Å²) >= 11 is 0. The highest BCUT2D eigenvalue weighted by molar-refractivity contribution is 4.87. The molecule has 12 heavy (non-hydrogen) atoms. The van der Waals surface area contributed by atoms with Crippen LogP contribution in [-0.2, 0) is 4.74 Å². The van der Waals surface area contributed by atoms with E-state index in [4.69, 9.17) is 10.5 Å². The normalized spacial score (nSPS) is 38.8. The lowest BCUT2D eigenvalue weighted by Crippen LogP contribution is -2.48.